The van der Waals surface area contributed by atoms with E-state index < -0.39 is 0 Å². The fourth-order valence-electron chi connectivity index (χ4n) is 2.71. The molecule has 3 aromatic rings. The lowest BCUT2D eigenvalue weighted by atomic mass is 10.1. The average molecular weight is 393 g/mol. The molecule has 0 heterocycles. The highest BCUT2D eigenvalue weighted by Crippen LogP contribution is 2.15. The maximum Gasteiger partial charge on any atom is 0.251 e. The third kappa shape index (κ3) is 5.21. The first-order valence-corrected chi connectivity index (χ1v) is 9.36. The van der Waals surface area contributed by atoms with Gasteiger partial charge in [0.05, 0.1) is 0 Å². The summed E-state index contributed by atoms with van der Waals surface area (Å²) in [6, 6.07) is 22.0. The van der Waals surface area contributed by atoms with Gasteiger partial charge in [0.2, 0.25) is 0 Å². The van der Waals surface area contributed by atoms with Crippen molar-refractivity contribution in [3.8, 4) is 0 Å². The van der Waals surface area contributed by atoms with E-state index in [9.17, 15) is 9.59 Å². The Kier molecular flexibility index (Phi) is 6.45. The summed E-state index contributed by atoms with van der Waals surface area (Å²) in [6.07, 6.45) is 0. The number of nitrogens with one attached hydrogen (secondary N) is 2. The number of halogens is 1. The summed E-state index contributed by atoms with van der Waals surface area (Å²) in [5, 5.41) is 6.31. The molecule has 0 aliphatic carbocycles. The first-order valence-electron chi connectivity index (χ1n) is 8.98. The Bertz CT molecular complexity index is 984. The Morgan fingerprint density at radius 2 is 1.39 bits per heavy atom. The number of carbonyl (C=O) groups is 2. The molecule has 0 fully saturated rings. The molecule has 2 N–H and O–H groups in total. The summed E-state index contributed by atoms with van der Waals surface area (Å²) < 4.78 is 0. The highest BCUT2D eigenvalue weighted by atomic mass is 35.5. The van der Waals surface area contributed by atoms with Crippen LogP contribution in [0, 0.1) is 6.92 Å². The number of carbonyl (C=O) groups excluding carboxylic acids is 2. The standard InChI is InChI=1S/C23H21ClN2O2/c1-16-9-11-17(12-10-16)14-25-22(27)18-6-4-7-19(13-18)23(28)26-15-20-5-2-3-8-21(20)24/h2-13H,14-15H2,1H3,(H,25,27)(H,26,28). The number of hydrogen-bond donors (Lipinski definition) is 2. The third-order valence-electron chi connectivity index (χ3n) is 4.36. The van der Waals surface area contributed by atoms with E-state index >= 15 is 0 Å². The topological polar surface area (TPSA) is 58.2 Å². The van der Waals surface area contributed by atoms with Crippen LogP contribution in [-0.4, -0.2) is 11.8 Å². The molecule has 0 saturated heterocycles. The van der Waals surface area contributed by atoms with Crippen molar-refractivity contribution in [3.05, 3.63) is 106 Å². The number of amides is 2. The third-order valence-corrected chi connectivity index (χ3v) is 4.73. The zero-order chi connectivity index (χ0) is 19.9. The summed E-state index contributed by atoms with van der Waals surface area (Å²) in [7, 11) is 0. The number of rotatable bonds is 6. The molecule has 3 rings (SSSR count). The molecule has 0 radical (unpaired) electrons. The molecule has 0 saturated carbocycles. The molecule has 0 aromatic heterocycles. The maximum atomic E-state index is 12.4. The van der Waals surface area contributed by atoms with E-state index in [4.69, 9.17) is 11.6 Å². The monoisotopic (exact) mass is 392 g/mol. The predicted octanol–water partition coefficient (Wildman–Crippen LogP) is 4.51. The minimum Gasteiger partial charge on any atom is -0.348 e. The Morgan fingerprint density at radius 3 is 2.04 bits per heavy atom. The molecule has 3 aromatic carbocycles. The van der Waals surface area contributed by atoms with Crippen molar-refractivity contribution in [1.82, 2.24) is 10.6 Å². The molecule has 0 atom stereocenters. The van der Waals surface area contributed by atoms with Crippen LogP contribution in [0.15, 0.2) is 72.8 Å². The van der Waals surface area contributed by atoms with Crippen molar-refractivity contribution < 1.29 is 9.59 Å². The Morgan fingerprint density at radius 1 is 0.786 bits per heavy atom. The summed E-state index contributed by atoms with van der Waals surface area (Å²) in [5.41, 5.74) is 3.90. The van der Waals surface area contributed by atoms with E-state index in [1.165, 1.54) is 5.56 Å². The Hall–Kier alpha value is -3.11. The van der Waals surface area contributed by atoms with Crippen LogP contribution in [-0.2, 0) is 13.1 Å². The average Bonchev–Trinajstić information content (AvgIpc) is 2.72. The zero-order valence-corrected chi connectivity index (χ0v) is 16.3. The van der Waals surface area contributed by atoms with E-state index in [-0.39, 0.29) is 11.8 Å². The lowest BCUT2D eigenvalue weighted by Gasteiger charge is -2.09. The SMILES string of the molecule is Cc1ccc(CNC(=O)c2cccc(C(=O)NCc3ccccc3Cl)c2)cc1. The van der Waals surface area contributed by atoms with Crippen molar-refractivity contribution in [2.75, 3.05) is 0 Å². The maximum absolute atomic E-state index is 12.4. The number of benzene rings is 3. The van der Waals surface area contributed by atoms with Crippen LogP contribution in [0.2, 0.25) is 5.02 Å². The summed E-state index contributed by atoms with van der Waals surface area (Å²) >= 11 is 6.11. The minimum atomic E-state index is -0.256. The molecular formula is C23H21ClN2O2. The summed E-state index contributed by atoms with van der Waals surface area (Å²) in [5.74, 6) is -0.477. The molecule has 2 amide bonds. The van der Waals surface area contributed by atoms with E-state index in [1.807, 2.05) is 49.4 Å². The van der Waals surface area contributed by atoms with Crippen molar-refractivity contribution in [3.63, 3.8) is 0 Å². The van der Waals surface area contributed by atoms with Crippen LogP contribution >= 0.6 is 11.6 Å². The number of hydrogen-bond acceptors (Lipinski definition) is 2. The van der Waals surface area contributed by atoms with Crippen LogP contribution in [0.5, 0.6) is 0 Å². The first kappa shape index (κ1) is 19.6. The van der Waals surface area contributed by atoms with Crippen molar-refractivity contribution in [2.45, 2.75) is 20.0 Å². The molecular weight excluding hydrogens is 372 g/mol. The van der Waals surface area contributed by atoms with Crippen LogP contribution in [0.25, 0.3) is 0 Å². The van der Waals surface area contributed by atoms with Gasteiger partial charge in [0.15, 0.2) is 0 Å². The number of aryl methyl sites for hydroxylation is 1. The molecule has 142 valence electrons. The van der Waals surface area contributed by atoms with Crippen molar-refractivity contribution in [1.29, 1.82) is 0 Å². The minimum absolute atomic E-state index is 0.221. The molecule has 0 aliphatic rings. The lowest BCUT2D eigenvalue weighted by molar-refractivity contribution is 0.0950. The molecule has 0 bridgehead atoms. The van der Waals surface area contributed by atoms with E-state index in [0.29, 0.717) is 29.2 Å². The van der Waals surface area contributed by atoms with Gasteiger partial charge in [-0.3, -0.25) is 9.59 Å². The zero-order valence-electron chi connectivity index (χ0n) is 15.5. The highest BCUT2D eigenvalue weighted by molar-refractivity contribution is 6.31. The fourth-order valence-corrected chi connectivity index (χ4v) is 2.91. The van der Waals surface area contributed by atoms with E-state index in [0.717, 1.165) is 11.1 Å². The van der Waals surface area contributed by atoms with Crippen LogP contribution in [0.1, 0.15) is 37.4 Å². The van der Waals surface area contributed by atoms with Crippen LogP contribution in [0.4, 0.5) is 0 Å². The molecule has 4 nitrogen and oxygen atoms in total. The van der Waals surface area contributed by atoms with Gasteiger partial charge in [0, 0.05) is 29.2 Å². The van der Waals surface area contributed by atoms with Crippen LogP contribution in [0.3, 0.4) is 0 Å². The van der Waals surface area contributed by atoms with Gasteiger partial charge in [-0.15, -0.1) is 0 Å². The second kappa shape index (κ2) is 9.20. The van der Waals surface area contributed by atoms with Gasteiger partial charge in [-0.05, 0) is 42.3 Å². The quantitative estimate of drug-likeness (QED) is 0.648. The molecule has 0 spiro atoms. The second-order valence-electron chi connectivity index (χ2n) is 6.52. The molecule has 28 heavy (non-hydrogen) atoms. The Labute approximate surface area is 169 Å². The highest BCUT2D eigenvalue weighted by Gasteiger charge is 2.11. The molecule has 5 heteroatoms. The van der Waals surface area contributed by atoms with Gasteiger partial charge < -0.3 is 10.6 Å². The second-order valence-corrected chi connectivity index (χ2v) is 6.93. The van der Waals surface area contributed by atoms with Gasteiger partial charge in [-0.25, -0.2) is 0 Å². The fraction of sp³-hybridized carbons (Fsp3) is 0.130. The predicted molar refractivity (Wildman–Crippen MR) is 111 cm³/mol. The van der Waals surface area contributed by atoms with E-state index in [1.54, 1.807) is 30.3 Å². The molecule has 0 aliphatic heterocycles. The normalized spacial score (nSPS) is 10.4. The van der Waals surface area contributed by atoms with Crippen molar-refractivity contribution in [2.24, 2.45) is 0 Å². The van der Waals surface area contributed by atoms with Crippen LogP contribution < -0.4 is 10.6 Å². The van der Waals surface area contributed by atoms with Gasteiger partial charge in [0.25, 0.3) is 11.8 Å². The Balaban J connectivity index is 1.60. The van der Waals surface area contributed by atoms with Gasteiger partial charge in [-0.1, -0.05) is 65.7 Å². The largest absolute Gasteiger partial charge is 0.348 e. The summed E-state index contributed by atoms with van der Waals surface area (Å²) in [6.45, 7) is 2.77. The smallest absolute Gasteiger partial charge is 0.251 e. The molecule has 0 unspecified atom stereocenters. The van der Waals surface area contributed by atoms with Gasteiger partial charge in [0.1, 0.15) is 0 Å². The lowest BCUT2D eigenvalue weighted by Crippen LogP contribution is -2.25. The first-order chi connectivity index (χ1) is 13.5. The van der Waals surface area contributed by atoms with Gasteiger partial charge in [-0.2, -0.15) is 0 Å². The van der Waals surface area contributed by atoms with E-state index in [2.05, 4.69) is 10.6 Å². The van der Waals surface area contributed by atoms with Crippen molar-refractivity contribution >= 4 is 23.4 Å². The van der Waals surface area contributed by atoms with Gasteiger partial charge >= 0.3 is 0 Å². The summed E-state index contributed by atoms with van der Waals surface area (Å²) in [4.78, 5) is 24.9.